The molecular formula is C16H24N2O2. The van der Waals surface area contributed by atoms with Crippen LogP contribution in [0.3, 0.4) is 0 Å². The molecule has 1 aliphatic rings. The third-order valence-corrected chi connectivity index (χ3v) is 3.99. The van der Waals surface area contributed by atoms with E-state index in [0.29, 0.717) is 18.7 Å². The van der Waals surface area contributed by atoms with Gasteiger partial charge in [0.25, 0.3) is 5.91 Å². The van der Waals surface area contributed by atoms with Crippen LogP contribution in [0.1, 0.15) is 37.6 Å². The first-order valence-electron chi connectivity index (χ1n) is 7.22. The van der Waals surface area contributed by atoms with E-state index in [1.54, 1.807) is 0 Å². The van der Waals surface area contributed by atoms with Crippen LogP contribution in [0.25, 0.3) is 0 Å². The molecule has 1 saturated heterocycles. The second kappa shape index (κ2) is 5.83. The minimum atomic E-state index is -0.0363. The largest absolute Gasteiger partial charge is 0.494 e. The van der Waals surface area contributed by atoms with E-state index in [2.05, 4.69) is 13.8 Å². The normalized spacial score (nSPS) is 21.6. The highest BCUT2D eigenvalue weighted by Gasteiger charge is 2.35. The van der Waals surface area contributed by atoms with Gasteiger partial charge in [0.2, 0.25) is 0 Å². The third kappa shape index (κ3) is 3.12. The molecular weight excluding hydrogens is 252 g/mol. The highest BCUT2D eigenvalue weighted by atomic mass is 16.5. The molecule has 0 aromatic heterocycles. The predicted octanol–water partition coefficient (Wildman–Crippen LogP) is 2.28. The molecule has 0 aliphatic carbocycles. The van der Waals surface area contributed by atoms with Gasteiger partial charge in [0, 0.05) is 24.7 Å². The minimum absolute atomic E-state index is 0.0363. The van der Waals surface area contributed by atoms with Gasteiger partial charge in [-0.15, -0.1) is 0 Å². The third-order valence-electron chi connectivity index (χ3n) is 3.99. The molecule has 4 nitrogen and oxygen atoms in total. The molecule has 1 fully saturated rings. The number of amides is 1. The second-order valence-electron chi connectivity index (χ2n) is 6.07. The van der Waals surface area contributed by atoms with Crippen molar-refractivity contribution in [3.05, 3.63) is 29.8 Å². The number of hydrogen-bond donors (Lipinski definition) is 1. The summed E-state index contributed by atoms with van der Waals surface area (Å²) in [6.45, 7) is 8.20. The number of benzene rings is 1. The maximum Gasteiger partial charge on any atom is 0.254 e. The zero-order valence-corrected chi connectivity index (χ0v) is 12.6. The molecule has 1 aromatic rings. The summed E-state index contributed by atoms with van der Waals surface area (Å²) in [6, 6.07) is 7.54. The number of likely N-dealkylation sites (tertiary alicyclic amines) is 1. The van der Waals surface area contributed by atoms with Crippen LogP contribution in [0.15, 0.2) is 24.3 Å². The van der Waals surface area contributed by atoms with Crippen LogP contribution in [-0.4, -0.2) is 36.5 Å². The van der Waals surface area contributed by atoms with Gasteiger partial charge in [-0.3, -0.25) is 4.79 Å². The zero-order chi connectivity index (χ0) is 14.8. The minimum Gasteiger partial charge on any atom is -0.494 e. The Labute approximate surface area is 120 Å². The Kier molecular flexibility index (Phi) is 4.33. The highest BCUT2D eigenvalue weighted by molar-refractivity contribution is 5.94. The smallest absolute Gasteiger partial charge is 0.254 e. The number of nitrogens with zero attached hydrogens (tertiary/aromatic N) is 1. The molecule has 1 aliphatic heterocycles. The fourth-order valence-corrected chi connectivity index (χ4v) is 2.62. The average molecular weight is 276 g/mol. The van der Waals surface area contributed by atoms with Crippen molar-refractivity contribution in [3.63, 3.8) is 0 Å². The molecule has 110 valence electrons. The Bertz CT molecular complexity index is 485. The first-order valence-corrected chi connectivity index (χ1v) is 7.22. The van der Waals surface area contributed by atoms with E-state index in [1.165, 1.54) is 0 Å². The Morgan fingerprint density at radius 2 is 2.25 bits per heavy atom. The van der Waals surface area contributed by atoms with Gasteiger partial charge in [-0.1, -0.05) is 19.9 Å². The quantitative estimate of drug-likeness (QED) is 0.921. The van der Waals surface area contributed by atoms with E-state index in [4.69, 9.17) is 10.5 Å². The number of carbonyl (C=O) groups excluding carboxylic acids is 1. The standard InChI is InChI=1S/C16H24N2O2/c1-4-20-13-7-5-6-12(10-13)15(19)18-9-8-14(17)16(2,3)11-18/h5-7,10,14H,4,8-9,11,17H2,1-3H3. The van der Waals surface area contributed by atoms with E-state index in [9.17, 15) is 4.79 Å². The molecule has 0 saturated carbocycles. The Morgan fingerprint density at radius 3 is 2.90 bits per heavy atom. The van der Waals surface area contributed by atoms with Crippen LogP contribution in [0.4, 0.5) is 0 Å². The van der Waals surface area contributed by atoms with Crippen molar-refractivity contribution in [1.82, 2.24) is 4.90 Å². The SMILES string of the molecule is CCOc1cccc(C(=O)N2CCC(N)C(C)(C)C2)c1. The average Bonchev–Trinajstić information content (AvgIpc) is 2.42. The lowest BCUT2D eigenvalue weighted by molar-refractivity contribution is 0.0532. The van der Waals surface area contributed by atoms with Crippen molar-refractivity contribution >= 4 is 5.91 Å². The summed E-state index contributed by atoms with van der Waals surface area (Å²) < 4.78 is 5.45. The van der Waals surface area contributed by atoms with Crippen molar-refractivity contribution < 1.29 is 9.53 Å². The van der Waals surface area contributed by atoms with E-state index in [1.807, 2.05) is 36.1 Å². The molecule has 0 radical (unpaired) electrons. The van der Waals surface area contributed by atoms with Gasteiger partial charge in [-0.2, -0.15) is 0 Å². The van der Waals surface area contributed by atoms with Crippen molar-refractivity contribution in [3.8, 4) is 5.75 Å². The number of nitrogens with two attached hydrogens (primary N) is 1. The topological polar surface area (TPSA) is 55.6 Å². The Balaban J connectivity index is 2.13. The van der Waals surface area contributed by atoms with Gasteiger partial charge < -0.3 is 15.4 Å². The molecule has 0 spiro atoms. The number of carbonyl (C=O) groups is 1. The number of piperidine rings is 1. The fourth-order valence-electron chi connectivity index (χ4n) is 2.62. The summed E-state index contributed by atoms with van der Waals surface area (Å²) in [4.78, 5) is 14.5. The number of rotatable bonds is 3. The lowest BCUT2D eigenvalue weighted by atomic mass is 9.79. The first-order chi connectivity index (χ1) is 9.44. The van der Waals surface area contributed by atoms with Gasteiger partial charge in [-0.05, 0) is 37.0 Å². The maximum absolute atomic E-state index is 12.6. The predicted molar refractivity (Wildman–Crippen MR) is 79.9 cm³/mol. The van der Waals surface area contributed by atoms with Crippen LogP contribution < -0.4 is 10.5 Å². The molecule has 1 aromatic carbocycles. The number of hydrogen-bond acceptors (Lipinski definition) is 3. The maximum atomic E-state index is 12.6. The molecule has 2 rings (SSSR count). The fraction of sp³-hybridized carbons (Fsp3) is 0.562. The summed E-state index contributed by atoms with van der Waals surface area (Å²) in [5, 5.41) is 0. The number of ether oxygens (including phenoxy) is 1. The molecule has 1 atom stereocenters. The van der Waals surface area contributed by atoms with Crippen LogP contribution in [-0.2, 0) is 0 Å². The Hall–Kier alpha value is -1.55. The summed E-state index contributed by atoms with van der Waals surface area (Å²) >= 11 is 0. The van der Waals surface area contributed by atoms with Gasteiger partial charge in [0.15, 0.2) is 0 Å². The summed E-state index contributed by atoms with van der Waals surface area (Å²) in [6.07, 6.45) is 0.851. The van der Waals surface area contributed by atoms with E-state index in [-0.39, 0.29) is 17.4 Å². The highest BCUT2D eigenvalue weighted by Crippen LogP contribution is 2.28. The monoisotopic (exact) mass is 276 g/mol. The van der Waals surface area contributed by atoms with E-state index >= 15 is 0 Å². The first kappa shape index (κ1) is 14.9. The van der Waals surface area contributed by atoms with Crippen LogP contribution in [0.5, 0.6) is 5.75 Å². The molecule has 20 heavy (non-hydrogen) atoms. The summed E-state index contributed by atoms with van der Waals surface area (Å²) in [7, 11) is 0. The van der Waals surface area contributed by atoms with Crippen molar-refractivity contribution in [2.24, 2.45) is 11.1 Å². The lowest BCUT2D eigenvalue weighted by Gasteiger charge is -2.42. The van der Waals surface area contributed by atoms with Crippen LogP contribution >= 0.6 is 0 Å². The molecule has 1 heterocycles. The Morgan fingerprint density at radius 1 is 1.50 bits per heavy atom. The van der Waals surface area contributed by atoms with Gasteiger partial charge in [-0.25, -0.2) is 0 Å². The van der Waals surface area contributed by atoms with Gasteiger partial charge in [0.1, 0.15) is 5.75 Å². The van der Waals surface area contributed by atoms with Crippen molar-refractivity contribution in [2.75, 3.05) is 19.7 Å². The summed E-state index contributed by atoms with van der Waals surface area (Å²) in [5.74, 6) is 0.804. The lowest BCUT2D eigenvalue weighted by Crippen LogP contribution is -2.53. The van der Waals surface area contributed by atoms with Crippen molar-refractivity contribution in [1.29, 1.82) is 0 Å². The van der Waals surface area contributed by atoms with Crippen molar-refractivity contribution in [2.45, 2.75) is 33.2 Å². The van der Waals surface area contributed by atoms with Crippen LogP contribution in [0, 0.1) is 5.41 Å². The molecule has 1 amide bonds. The molecule has 2 N–H and O–H groups in total. The van der Waals surface area contributed by atoms with Crippen LogP contribution in [0.2, 0.25) is 0 Å². The van der Waals surface area contributed by atoms with E-state index < -0.39 is 0 Å². The molecule has 0 bridgehead atoms. The summed E-state index contributed by atoms with van der Waals surface area (Å²) in [5.41, 5.74) is 6.77. The van der Waals surface area contributed by atoms with E-state index in [0.717, 1.165) is 18.7 Å². The second-order valence-corrected chi connectivity index (χ2v) is 6.07. The molecule has 1 unspecified atom stereocenters. The zero-order valence-electron chi connectivity index (χ0n) is 12.6. The molecule has 4 heteroatoms. The van der Waals surface area contributed by atoms with Gasteiger partial charge in [0.05, 0.1) is 6.61 Å². The van der Waals surface area contributed by atoms with Gasteiger partial charge >= 0.3 is 0 Å².